The fourth-order valence-electron chi connectivity index (χ4n) is 3.62. The highest BCUT2D eigenvalue weighted by Crippen LogP contribution is 2.33. The average molecular weight is 403 g/mol. The standard InChI is InChI=1S/C24H25N3O3/c1-14(2)21(13-28)25-24(29)19-11-18-20(12-22(19)30-3)26-27-23(18)17-9-8-15-6-4-5-7-16(15)10-17/h4-12,14,21,28H,13H2,1-3H3,(H,25,29)(H,26,27). The predicted molar refractivity (Wildman–Crippen MR) is 119 cm³/mol. The number of hydrogen-bond donors (Lipinski definition) is 3. The second kappa shape index (κ2) is 8.16. The van der Waals surface area contributed by atoms with Crippen molar-refractivity contribution in [2.45, 2.75) is 19.9 Å². The molecule has 1 aromatic heterocycles. The second-order valence-electron chi connectivity index (χ2n) is 7.74. The minimum absolute atomic E-state index is 0.107. The highest BCUT2D eigenvalue weighted by molar-refractivity contribution is 6.04. The second-order valence-corrected chi connectivity index (χ2v) is 7.74. The number of aromatic nitrogens is 2. The van der Waals surface area contributed by atoms with Gasteiger partial charge in [-0.15, -0.1) is 0 Å². The van der Waals surface area contributed by atoms with Crippen molar-refractivity contribution < 1.29 is 14.6 Å². The van der Waals surface area contributed by atoms with Gasteiger partial charge in [0.2, 0.25) is 0 Å². The number of aliphatic hydroxyl groups is 1. The number of H-pyrrole nitrogens is 1. The molecule has 1 heterocycles. The fourth-order valence-corrected chi connectivity index (χ4v) is 3.62. The largest absolute Gasteiger partial charge is 0.496 e. The number of ether oxygens (including phenoxy) is 1. The van der Waals surface area contributed by atoms with Crippen LogP contribution in [-0.4, -0.2) is 41.0 Å². The zero-order valence-electron chi connectivity index (χ0n) is 17.3. The van der Waals surface area contributed by atoms with Crippen LogP contribution < -0.4 is 10.1 Å². The van der Waals surface area contributed by atoms with E-state index in [2.05, 4.69) is 39.8 Å². The maximum absolute atomic E-state index is 13.0. The van der Waals surface area contributed by atoms with Crippen molar-refractivity contribution in [2.75, 3.05) is 13.7 Å². The Kier molecular flexibility index (Phi) is 5.42. The van der Waals surface area contributed by atoms with Gasteiger partial charge in [-0.1, -0.05) is 50.2 Å². The normalized spacial score (nSPS) is 12.4. The molecule has 0 fully saturated rings. The van der Waals surface area contributed by atoms with E-state index in [1.165, 1.54) is 7.11 Å². The Labute approximate surface area is 174 Å². The van der Waals surface area contributed by atoms with Crippen LogP contribution in [0.4, 0.5) is 0 Å². The maximum Gasteiger partial charge on any atom is 0.255 e. The molecule has 3 N–H and O–H groups in total. The number of nitrogens with zero attached hydrogens (tertiary/aromatic N) is 1. The minimum atomic E-state index is -0.331. The molecule has 6 nitrogen and oxygen atoms in total. The van der Waals surface area contributed by atoms with Crippen LogP contribution in [-0.2, 0) is 0 Å². The first-order valence-corrected chi connectivity index (χ1v) is 9.98. The zero-order valence-corrected chi connectivity index (χ0v) is 17.3. The number of amides is 1. The Hall–Kier alpha value is -3.38. The number of aliphatic hydroxyl groups excluding tert-OH is 1. The average Bonchev–Trinajstić information content (AvgIpc) is 3.18. The SMILES string of the molecule is COc1cc2[nH]nc(-c3ccc4ccccc4c3)c2cc1C(=O)NC(CO)C(C)C. The molecule has 0 saturated heterocycles. The molecule has 0 aliphatic carbocycles. The summed E-state index contributed by atoms with van der Waals surface area (Å²) in [5, 5.41) is 23.1. The van der Waals surface area contributed by atoms with Gasteiger partial charge in [-0.25, -0.2) is 0 Å². The summed E-state index contributed by atoms with van der Waals surface area (Å²) in [4.78, 5) is 13.0. The first-order valence-electron chi connectivity index (χ1n) is 9.98. The molecule has 1 amide bonds. The number of nitrogens with one attached hydrogen (secondary N) is 2. The fraction of sp³-hybridized carbons (Fsp3) is 0.250. The summed E-state index contributed by atoms with van der Waals surface area (Å²) in [6.45, 7) is 3.78. The Balaban J connectivity index is 1.79. The van der Waals surface area contributed by atoms with Crippen LogP contribution in [0.5, 0.6) is 5.75 Å². The van der Waals surface area contributed by atoms with Gasteiger partial charge < -0.3 is 15.2 Å². The van der Waals surface area contributed by atoms with Crippen molar-refractivity contribution in [1.82, 2.24) is 15.5 Å². The summed E-state index contributed by atoms with van der Waals surface area (Å²) >= 11 is 0. The lowest BCUT2D eigenvalue weighted by Crippen LogP contribution is -2.41. The van der Waals surface area contributed by atoms with Gasteiger partial charge in [0, 0.05) is 17.0 Å². The van der Waals surface area contributed by atoms with E-state index in [-0.39, 0.29) is 24.5 Å². The molecule has 30 heavy (non-hydrogen) atoms. The summed E-state index contributed by atoms with van der Waals surface area (Å²) in [6.07, 6.45) is 0. The number of methoxy groups -OCH3 is 1. The minimum Gasteiger partial charge on any atom is -0.496 e. The van der Waals surface area contributed by atoms with Crippen LogP contribution in [0.2, 0.25) is 0 Å². The molecule has 4 aromatic rings. The highest BCUT2D eigenvalue weighted by atomic mass is 16.5. The van der Waals surface area contributed by atoms with E-state index in [0.717, 1.165) is 32.9 Å². The summed E-state index contributed by atoms with van der Waals surface area (Å²) in [5.41, 5.74) is 2.93. The summed E-state index contributed by atoms with van der Waals surface area (Å²) in [7, 11) is 1.53. The van der Waals surface area contributed by atoms with E-state index in [1.54, 1.807) is 12.1 Å². The Morgan fingerprint density at radius 3 is 2.60 bits per heavy atom. The summed E-state index contributed by atoms with van der Waals surface area (Å²) in [5.74, 6) is 0.275. The maximum atomic E-state index is 13.0. The summed E-state index contributed by atoms with van der Waals surface area (Å²) < 4.78 is 5.45. The molecule has 4 rings (SSSR count). The van der Waals surface area contributed by atoms with Crippen LogP contribution in [0.1, 0.15) is 24.2 Å². The molecule has 0 spiro atoms. The lowest BCUT2D eigenvalue weighted by atomic mass is 10.0. The monoisotopic (exact) mass is 403 g/mol. The van der Waals surface area contributed by atoms with Crippen molar-refractivity contribution in [3.05, 3.63) is 60.2 Å². The number of benzene rings is 3. The van der Waals surface area contributed by atoms with Gasteiger partial charge in [0.1, 0.15) is 5.75 Å². The van der Waals surface area contributed by atoms with Gasteiger partial charge in [-0.2, -0.15) is 5.10 Å². The van der Waals surface area contributed by atoms with Crippen molar-refractivity contribution in [3.63, 3.8) is 0 Å². The number of fused-ring (bicyclic) bond motifs is 2. The van der Waals surface area contributed by atoms with Crippen molar-refractivity contribution >= 4 is 27.6 Å². The molecule has 0 saturated carbocycles. The van der Waals surface area contributed by atoms with Crippen molar-refractivity contribution in [3.8, 4) is 17.0 Å². The molecule has 1 unspecified atom stereocenters. The molecule has 154 valence electrons. The molecule has 3 aromatic carbocycles. The zero-order chi connectivity index (χ0) is 21.3. The predicted octanol–water partition coefficient (Wildman–Crippen LogP) is 4.14. The van der Waals surface area contributed by atoms with Gasteiger partial charge in [0.05, 0.1) is 36.5 Å². The molecule has 0 aliphatic heterocycles. The first-order chi connectivity index (χ1) is 14.5. The Morgan fingerprint density at radius 2 is 1.90 bits per heavy atom. The van der Waals surface area contributed by atoms with E-state index >= 15 is 0 Å². The topological polar surface area (TPSA) is 87.2 Å². The Morgan fingerprint density at radius 1 is 1.13 bits per heavy atom. The molecule has 0 radical (unpaired) electrons. The number of carbonyl (C=O) groups excluding carboxylic acids is 1. The van der Waals surface area contributed by atoms with E-state index in [0.29, 0.717) is 11.3 Å². The third-order valence-electron chi connectivity index (χ3n) is 5.47. The molecule has 1 atom stereocenters. The molecule has 0 aliphatic rings. The number of aromatic amines is 1. The highest BCUT2D eigenvalue weighted by Gasteiger charge is 2.21. The number of rotatable bonds is 6. The van der Waals surface area contributed by atoms with Gasteiger partial charge in [0.25, 0.3) is 5.91 Å². The van der Waals surface area contributed by atoms with Crippen LogP contribution in [0, 0.1) is 5.92 Å². The Bertz CT molecular complexity index is 1210. The van der Waals surface area contributed by atoms with Crippen molar-refractivity contribution in [1.29, 1.82) is 0 Å². The molecular weight excluding hydrogens is 378 g/mol. The van der Waals surface area contributed by atoms with E-state index in [4.69, 9.17) is 4.74 Å². The van der Waals surface area contributed by atoms with E-state index in [9.17, 15) is 9.90 Å². The quantitative estimate of drug-likeness (QED) is 0.452. The van der Waals surface area contributed by atoms with E-state index in [1.807, 2.05) is 32.0 Å². The van der Waals surface area contributed by atoms with Crippen molar-refractivity contribution in [2.24, 2.45) is 5.92 Å². The lowest BCUT2D eigenvalue weighted by molar-refractivity contribution is 0.0894. The van der Waals surface area contributed by atoms with Crippen LogP contribution in [0.3, 0.4) is 0 Å². The van der Waals surface area contributed by atoms with Gasteiger partial charge in [-0.05, 0) is 28.8 Å². The third-order valence-corrected chi connectivity index (χ3v) is 5.47. The third kappa shape index (κ3) is 3.62. The molecule has 0 bridgehead atoms. The van der Waals surface area contributed by atoms with Gasteiger partial charge >= 0.3 is 0 Å². The number of carbonyl (C=O) groups is 1. The first kappa shape index (κ1) is 19.9. The number of hydrogen-bond acceptors (Lipinski definition) is 4. The van der Waals surface area contributed by atoms with Crippen LogP contribution in [0.25, 0.3) is 32.9 Å². The van der Waals surface area contributed by atoms with Crippen LogP contribution in [0.15, 0.2) is 54.6 Å². The summed E-state index contributed by atoms with van der Waals surface area (Å²) in [6, 6.07) is 17.6. The van der Waals surface area contributed by atoms with Gasteiger partial charge in [0.15, 0.2) is 0 Å². The lowest BCUT2D eigenvalue weighted by Gasteiger charge is -2.20. The smallest absolute Gasteiger partial charge is 0.255 e. The molecule has 6 heteroatoms. The molecular formula is C24H25N3O3. The van der Waals surface area contributed by atoms with E-state index < -0.39 is 0 Å². The van der Waals surface area contributed by atoms with Crippen LogP contribution >= 0.6 is 0 Å². The van der Waals surface area contributed by atoms with Gasteiger partial charge in [-0.3, -0.25) is 9.89 Å².